The lowest BCUT2D eigenvalue weighted by Crippen LogP contribution is -2.22. The molecule has 2 aromatic rings. The highest BCUT2D eigenvalue weighted by Crippen LogP contribution is 2.39. The Labute approximate surface area is 167 Å². The molecule has 0 N–H and O–H groups in total. The van der Waals surface area contributed by atoms with Crippen LogP contribution in [0.1, 0.15) is 82.0 Å². The highest BCUT2D eigenvalue weighted by atomic mass is 19.3. The molecule has 3 heteroatoms. The summed E-state index contributed by atoms with van der Waals surface area (Å²) < 4.78 is 41.8. The quantitative estimate of drug-likeness (QED) is 0.446. The third-order valence-corrected chi connectivity index (χ3v) is 6.30. The SMILES string of the molecule is CCCC(F)(F)C(F)c1ccc(-c2ccc(C3CCC(CC)CC3)cc2)cc1. The van der Waals surface area contributed by atoms with Gasteiger partial charge >= 0.3 is 0 Å². The lowest BCUT2D eigenvalue weighted by atomic mass is 9.77. The van der Waals surface area contributed by atoms with Crippen LogP contribution in [0.2, 0.25) is 0 Å². The van der Waals surface area contributed by atoms with Crippen molar-refractivity contribution in [3.8, 4) is 11.1 Å². The van der Waals surface area contributed by atoms with Gasteiger partial charge in [-0.3, -0.25) is 0 Å². The van der Waals surface area contributed by atoms with E-state index in [0.29, 0.717) is 5.92 Å². The zero-order valence-electron chi connectivity index (χ0n) is 16.9. The second kappa shape index (κ2) is 9.15. The molecule has 28 heavy (non-hydrogen) atoms. The minimum absolute atomic E-state index is 0.0477. The van der Waals surface area contributed by atoms with E-state index in [1.807, 2.05) is 0 Å². The normalized spacial score (nSPS) is 21.5. The van der Waals surface area contributed by atoms with Crippen LogP contribution in [-0.4, -0.2) is 5.92 Å². The van der Waals surface area contributed by atoms with Crippen LogP contribution in [0.25, 0.3) is 11.1 Å². The molecule has 1 saturated carbocycles. The Bertz CT molecular complexity index is 725. The molecule has 152 valence electrons. The lowest BCUT2D eigenvalue weighted by Gasteiger charge is -2.28. The van der Waals surface area contributed by atoms with Crippen LogP contribution < -0.4 is 0 Å². The molecule has 3 rings (SSSR count). The van der Waals surface area contributed by atoms with Crippen LogP contribution >= 0.6 is 0 Å². The standard InChI is InChI=1S/C25H31F3/c1-3-17-25(27,28)24(26)23-15-13-22(14-16-23)21-11-9-20(10-12-21)19-7-5-18(4-2)6-8-19/h9-16,18-19,24H,3-8,17H2,1-2H3. The lowest BCUT2D eigenvalue weighted by molar-refractivity contribution is -0.0807. The molecular weight excluding hydrogens is 357 g/mol. The van der Waals surface area contributed by atoms with Crippen molar-refractivity contribution < 1.29 is 13.2 Å². The van der Waals surface area contributed by atoms with Crippen molar-refractivity contribution in [2.45, 2.75) is 76.8 Å². The van der Waals surface area contributed by atoms with E-state index in [1.54, 1.807) is 19.1 Å². The van der Waals surface area contributed by atoms with Crippen molar-refractivity contribution >= 4 is 0 Å². The van der Waals surface area contributed by atoms with Crippen molar-refractivity contribution in [3.05, 3.63) is 59.7 Å². The topological polar surface area (TPSA) is 0 Å². The molecule has 1 unspecified atom stereocenters. The average Bonchev–Trinajstić information content (AvgIpc) is 2.73. The fourth-order valence-electron chi connectivity index (χ4n) is 4.40. The smallest absolute Gasteiger partial charge is 0.236 e. The average molecular weight is 389 g/mol. The Morgan fingerprint density at radius 3 is 1.89 bits per heavy atom. The van der Waals surface area contributed by atoms with Crippen molar-refractivity contribution in [1.29, 1.82) is 0 Å². The van der Waals surface area contributed by atoms with E-state index in [1.165, 1.54) is 49.8 Å². The van der Waals surface area contributed by atoms with Crippen LogP contribution in [0.15, 0.2) is 48.5 Å². The van der Waals surface area contributed by atoms with Crippen LogP contribution in [0.5, 0.6) is 0 Å². The van der Waals surface area contributed by atoms with E-state index in [-0.39, 0.29) is 12.0 Å². The predicted octanol–water partition coefficient (Wildman–Crippen LogP) is 8.48. The predicted molar refractivity (Wildman–Crippen MR) is 111 cm³/mol. The summed E-state index contributed by atoms with van der Waals surface area (Å²) in [5.74, 6) is -1.78. The van der Waals surface area contributed by atoms with Gasteiger partial charge < -0.3 is 0 Å². The molecule has 0 amide bonds. The first-order chi connectivity index (χ1) is 13.4. The Kier molecular flexibility index (Phi) is 6.85. The van der Waals surface area contributed by atoms with E-state index in [9.17, 15) is 13.2 Å². The zero-order valence-corrected chi connectivity index (χ0v) is 16.9. The van der Waals surface area contributed by atoms with Crippen molar-refractivity contribution in [3.63, 3.8) is 0 Å². The molecule has 0 nitrogen and oxygen atoms in total. The van der Waals surface area contributed by atoms with Gasteiger partial charge in [0.05, 0.1) is 0 Å². The second-order valence-electron chi connectivity index (χ2n) is 8.24. The van der Waals surface area contributed by atoms with Gasteiger partial charge in [-0.1, -0.05) is 75.2 Å². The minimum Gasteiger partial charge on any atom is -0.236 e. The first kappa shape index (κ1) is 21.0. The van der Waals surface area contributed by atoms with Gasteiger partial charge in [0.1, 0.15) is 0 Å². The summed E-state index contributed by atoms with van der Waals surface area (Å²) in [4.78, 5) is 0. The van der Waals surface area contributed by atoms with Crippen molar-refractivity contribution in [1.82, 2.24) is 0 Å². The summed E-state index contributed by atoms with van der Waals surface area (Å²) in [6.45, 7) is 3.92. The van der Waals surface area contributed by atoms with Gasteiger partial charge in [0.15, 0.2) is 6.17 Å². The molecule has 1 aliphatic rings. The second-order valence-corrected chi connectivity index (χ2v) is 8.24. The summed E-state index contributed by atoms with van der Waals surface area (Å²) in [6.07, 6.45) is 4.02. The van der Waals surface area contributed by atoms with Crippen molar-refractivity contribution in [2.24, 2.45) is 5.92 Å². The summed E-state index contributed by atoms with van der Waals surface area (Å²) >= 11 is 0. The maximum atomic E-state index is 14.2. The molecule has 0 bridgehead atoms. The summed E-state index contributed by atoms with van der Waals surface area (Å²) in [5.41, 5.74) is 3.40. The number of hydrogen-bond donors (Lipinski definition) is 0. The van der Waals surface area contributed by atoms with Gasteiger partial charge in [0.25, 0.3) is 5.92 Å². The summed E-state index contributed by atoms with van der Waals surface area (Å²) in [5, 5.41) is 0. The van der Waals surface area contributed by atoms with Gasteiger partial charge in [-0.05, 0) is 59.8 Å². The number of rotatable bonds is 7. The number of hydrogen-bond acceptors (Lipinski definition) is 0. The maximum Gasteiger partial charge on any atom is 0.282 e. The van der Waals surface area contributed by atoms with Gasteiger partial charge in [0.2, 0.25) is 0 Å². The number of halogens is 3. The van der Waals surface area contributed by atoms with Gasteiger partial charge in [-0.15, -0.1) is 0 Å². The maximum absolute atomic E-state index is 14.2. The minimum atomic E-state index is -3.31. The molecule has 1 atom stereocenters. The Balaban J connectivity index is 1.67. The highest BCUT2D eigenvalue weighted by molar-refractivity contribution is 5.64. The van der Waals surface area contributed by atoms with Gasteiger partial charge in [-0.2, -0.15) is 0 Å². The molecule has 0 spiro atoms. The fraction of sp³-hybridized carbons (Fsp3) is 0.520. The Morgan fingerprint density at radius 2 is 1.39 bits per heavy atom. The molecule has 0 saturated heterocycles. The molecule has 0 aromatic heterocycles. The monoisotopic (exact) mass is 388 g/mol. The first-order valence-corrected chi connectivity index (χ1v) is 10.7. The molecule has 0 aliphatic heterocycles. The van der Waals surface area contributed by atoms with Crippen LogP contribution in [0.3, 0.4) is 0 Å². The Hall–Kier alpha value is -1.77. The highest BCUT2D eigenvalue weighted by Gasteiger charge is 2.39. The molecule has 0 radical (unpaired) electrons. The van der Waals surface area contributed by atoms with Crippen LogP contribution in [-0.2, 0) is 0 Å². The molecule has 1 fully saturated rings. The molecular formula is C25H31F3. The first-order valence-electron chi connectivity index (χ1n) is 10.7. The Morgan fingerprint density at radius 1 is 0.857 bits per heavy atom. The largest absolute Gasteiger partial charge is 0.282 e. The summed E-state index contributed by atoms with van der Waals surface area (Å²) in [7, 11) is 0. The van der Waals surface area contributed by atoms with Crippen LogP contribution in [0.4, 0.5) is 13.2 Å². The molecule has 2 aromatic carbocycles. The molecule has 0 heterocycles. The number of alkyl halides is 3. The van der Waals surface area contributed by atoms with Crippen molar-refractivity contribution in [2.75, 3.05) is 0 Å². The third-order valence-electron chi connectivity index (χ3n) is 6.30. The zero-order chi connectivity index (χ0) is 20.1. The third kappa shape index (κ3) is 4.79. The van der Waals surface area contributed by atoms with E-state index < -0.39 is 18.5 Å². The van der Waals surface area contributed by atoms with E-state index in [2.05, 4.69) is 31.2 Å². The molecule has 1 aliphatic carbocycles. The van der Waals surface area contributed by atoms with E-state index >= 15 is 0 Å². The van der Waals surface area contributed by atoms with E-state index in [4.69, 9.17) is 0 Å². The van der Waals surface area contributed by atoms with E-state index in [0.717, 1.165) is 17.0 Å². The van der Waals surface area contributed by atoms with Crippen LogP contribution in [0, 0.1) is 5.92 Å². The van der Waals surface area contributed by atoms with Gasteiger partial charge in [-0.25, -0.2) is 13.2 Å². The summed E-state index contributed by atoms with van der Waals surface area (Å²) in [6, 6.07) is 15.0. The van der Waals surface area contributed by atoms with Gasteiger partial charge in [0, 0.05) is 6.42 Å². The fourth-order valence-corrected chi connectivity index (χ4v) is 4.40. The number of benzene rings is 2.